The van der Waals surface area contributed by atoms with Gasteiger partial charge in [0.2, 0.25) is 0 Å². The van der Waals surface area contributed by atoms with Crippen LogP contribution in [0.3, 0.4) is 0 Å². The maximum Gasteiger partial charge on any atom is 0.320 e. The van der Waals surface area contributed by atoms with Crippen LogP contribution in [0.5, 0.6) is 0 Å². The number of aliphatic hydroxyl groups is 1. The van der Waals surface area contributed by atoms with Crippen molar-refractivity contribution in [2.45, 2.75) is 32.4 Å². The molecule has 19 heavy (non-hydrogen) atoms. The minimum atomic E-state index is -0.269. The fourth-order valence-corrected chi connectivity index (χ4v) is 2.37. The summed E-state index contributed by atoms with van der Waals surface area (Å²) in [5.74, 6) is 1.44. The molecule has 0 spiro atoms. The number of anilines is 1. The van der Waals surface area contributed by atoms with Crippen molar-refractivity contribution in [1.29, 1.82) is 0 Å². The molecule has 1 aromatic rings. The number of nitrogens with zero attached hydrogens (tertiary/aromatic N) is 2. The van der Waals surface area contributed by atoms with Gasteiger partial charge in [-0.15, -0.1) is 0 Å². The molecule has 108 valence electrons. The normalized spacial score (nSPS) is 12.5. The lowest BCUT2D eigenvalue weighted by atomic mass is 10.2. The quantitative estimate of drug-likeness (QED) is 0.713. The summed E-state index contributed by atoms with van der Waals surface area (Å²) in [5, 5.41) is 18.7. The van der Waals surface area contributed by atoms with E-state index in [-0.39, 0.29) is 24.7 Å². The average Bonchev–Trinajstić information content (AvgIpc) is 2.77. The molecule has 0 aliphatic heterocycles. The molecule has 0 saturated carbocycles. The Morgan fingerprint density at radius 3 is 2.89 bits per heavy atom. The largest absolute Gasteiger partial charge is 0.396 e. The number of rotatable bonds is 7. The van der Waals surface area contributed by atoms with Crippen molar-refractivity contribution >= 4 is 23.6 Å². The minimum absolute atomic E-state index is 0.0320. The first-order valence-corrected chi connectivity index (χ1v) is 7.68. The molecule has 3 N–H and O–H groups in total. The molecule has 1 rings (SSSR count). The summed E-state index contributed by atoms with van der Waals surface area (Å²) >= 11 is 1.64. The molecule has 0 aliphatic carbocycles. The van der Waals surface area contributed by atoms with E-state index in [2.05, 4.69) is 15.7 Å². The van der Waals surface area contributed by atoms with Crippen LogP contribution in [0.2, 0.25) is 0 Å². The van der Waals surface area contributed by atoms with Crippen LogP contribution in [0, 0.1) is 0 Å². The van der Waals surface area contributed by atoms with E-state index in [1.807, 2.05) is 20.1 Å². The van der Waals surface area contributed by atoms with Gasteiger partial charge < -0.3 is 10.4 Å². The Kier molecular flexibility index (Phi) is 6.72. The molecule has 1 atom stereocenters. The summed E-state index contributed by atoms with van der Waals surface area (Å²) in [5.41, 5.74) is 0. The number of thioether (sulfide) groups is 1. The Labute approximate surface area is 118 Å². The van der Waals surface area contributed by atoms with Gasteiger partial charge in [0.1, 0.15) is 5.82 Å². The number of carbonyl (C=O) groups is 1. The summed E-state index contributed by atoms with van der Waals surface area (Å²) in [7, 11) is 0. The SMILES string of the molecule is CSCC(CCO)NC(=O)Nc1ccnn1C(C)C. The number of amides is 2. The number of carbonyl (C=O) groups excluding carboxylic acids is 1. The van der Waals surface area contributed by atoms with Gasteiger partial charge in [0.05, 0.1) is 6.20 Å². The highest BCUT2D eigenvalue weighted by atomic mass is 32.2. The fourth-order valence-electron chi connectivity index (χ4n) is 1.72. The van der Waals surface area contributed by atoms with Gasteiger partial charge in [0, 0.05) is 30.5 Å². The first-order chi connectivity index (χ1) is 9.08. The number of nitrogens with one attached hydrogen (secondary N) is 2. The molecule has 1 aromatic heterocycles. The summed E-state index contributed by atoms with van der Waals surface area (Å²) in [6.07, 6.45) is 4.18. The van der Waals surface area contributed by atoms with Gasteiger partial charge in [-0.05, 0) is 26.5 Å². The third-order valence-corrected chi connectivity index (χ3v) is 3.32. The van der Waals surface area contributed by atoms with E-state index in [1.165, 1.54) is 0 Å². The minimum Gasteiger partial charge on any atom is -0.396 e. The van der Waals surface area contributed by atoms with Crippen molar-refractivity contribution in [1.82, 2.24) is 15.1 Å². The summed E-state index contributed by atoms with van der Waals surface area (Å²) in [6, 6.07) is 1.64. The van der Waals surface area contributed by atoms with Crippen molar-refractivity contribution in [3.8, 4) is 0 Å². The van der Waals surface area contributed by atoms with Gasteiger partial charge >= 0.3 is 6.03 Å². The maximum atomic E-state index is 11.9. The van der Waals surface area contributed by atoms with Gasteiger partial charge in [0.15, 0.2) is 0 Å². The molecule has 0 fully saturated rings. The predicted molar refractivity (Wildman–Crippen MR) is 78.6 cm³/mol. The maximum absolute atomic E-state index is 11.9. The lowest BCUT2D eigenvalue weighted by molar-refractivity contribution is 0.241. The van der Waals surface area contributed by atoms with Crippen LogP contribution in [0.25, 0.3) is 0 Å². The zero-order chi connectivity index (χ0) is 14.3. The molecule has 0 aromatic carbocycles. The van der Waals surface area contributed by atoms with E-state index < -0.39 is 0 Å². The Morgan fingerprint density at radius 1 is 1.58 bits per heavy atom. The molecule has 1 heterocycles. The molecular weight excluding hydrogens is 264 g/mol. The topological polar surface area (TPSA) is 79.2 Å². The van der Waals surface area contributed by atoms with Crippen LogP contribution in [-0.4, -0.2) is 45.6 Å². The lowest BCUT2D eigenvalue weighted by Crippen LogP contribution is -2.40. The van der Waals surface area contributed by atoms with Crippen LogP contribution in [0.15, 0.2) is 12.3 Å². The van der Waals surface area contributed by atoms with Gasteiger partial charge in [-0.2, -0.15) is 16.9 Å². The van der Waals surface area contributed by atoms with Gasteiger partial charge in [-0.3, -0.25) is 5.32 Å². The Bertz CT molecular complexity index is 389. The van der Waals surface area contributed by atoms with Crippen LogP contribution >= 0.6 is 11.8 Å². The van der Waals surface area contributed by atoms with E-state index >= 15 is 0 Å². The first-order valence-electron chi connectivity index (χ1n) is 6.29. The lowest BCUT2D eigenvalue weighted by Gasteiger charge is -2.18. The van der Waals surface area contributed by atoms with E-state index in [9.17, 15) is 4.79 Å². The van der Waals surface area contributed by atoms with E-state index in [0.29, 0.717) is 12.2 Å². The van der Waals surface area contributed by atoms with Crippen molar-refractivity contribution < 1.29 is 9.90 Å². The Hall–Kier alpha value is -1.21. The summed E-state index contributed by atoms with van der Waals surface area (Å²) in [6.45, 7) is 4.06. The van der Waals surface area contributed by atoms with Crippen molar-refractivity contribution in [3.63, 3.8) is 0 Å². The Balaban J connectivity index is 2.56. The number of hydrogen-bond donors (Lipinski definition) is 3. The number of aliphatic hydroxyl groups excluding tert-OH is 1. The fraction of sp³-hybridized carbons (Fsp3) is 0.667. The zero-order valence-electron chi connectivity index (χ0n) is 11.6. The van der Waals surface area contributed by atoms with Gasteiger partial charge in [-0.1, -0.05) is 0 Å². The van der Waals surface area contributed by atoms with Gasteiger partial charge in [-0.25, -0.2) is 9.48 Å². The molecule has 6 nitrogen and oxygen atoms in total. The number of urea groups is 1. The molecule has 0 bridgehead atoms. The molecule has 7 heteroatoms. The van der Waals surface area contributed by atoms with Crippen LogP contribution in [-0.2, 0) is 0 Å². The number of hydrogen-bond acceptors (Lipinski definition) is 4. The summed E-state index contributed by atoms with van der Waals surface area (Å²) in [4.78, 5) is 11.9. The van der Waals surface area contributed by atoms with E-state index in [0.717, 1.165) is 5.75 Å². The van der Waals surface area contributed by atoms with Crippen LogP contribution < -0.4 is 10.6 Å². The second-order valence-electron chi connectivity index (χ2n) is 4.52. The van der Waals surface area contributed by atoms with Gasteiger partial charge in [0.25, 0.3) is 0 Å². The first kappa shape index (κ1) is 15.8. The van der Waals surface area contributed by atoms with E-state index in [1.54, 1.807) is 28.7 Å². The Morgan fingerprint density at radius 2 is 2.32 bits per heavy atom. The van der Waals surface area contributed by atoms with E-state index in [4.69, 9.17) is 5.11 Å². The second-order valence-corrected chi connectivity index (χ2v) is 5.43. The highest BCUT2D eigenvalue weighted by Gasteiger charge is 2.13. The highest BCUT2D eigenvalue weighted by Crippen LogP contribution is 2.12. The van der Waals surface area contributed by atoms with Crippen molar-refractivity contribution in [3.05, 3.63) is 12.3 Å². The average molecular weight is 286 g/mol. The third-order valence-electron chi connectivity index (χ3n) is 2.58. The highest BCUT2D eigenvalue weighted by molar-refractivity contribution is 7.98. The van der Waals surface area contributed by atoms with Crippen molar-refractivity contribution in [2.24, 2.45) is 0 Å². The third kappa shape index (κ3) is 5.12. The van der Waals surface area contributed by atoms with Crippen molar-refractivity contribution in [2.75, 3.05) is 23.9 Å². The van der Waals surface area contributed by atoms with Crippen LogP contribution in [0.1, 0.15) is 26.3 Å². The molecule has 0 radical (unpaired) electrons. The van der Waals surface area contributed by atoms with Crippen LogP contribution in [0.4, 0.5) is 10.6 Å². The molecule has 0 aliphatic rings. The molecular formula is C12H22N4O2S. The second kappa shape index (κ2) is 8.06. The molecule has 0 saturated heterocycles. The standard InChI is InChI=1S/C12H22N4O2S/c1-9(2)16-11(4-6-13-16)15-12(18)14-10(5-7-17)8-19-3/h4,6,9-10,17H,5,7-8H2,1-3H3,(H2,14,15,18). The smallest absolute Gasteiger partial charge is 0.320 e. The molecule has 2 amide bonds. The predicted octanol–water partition coefficient (Wildman–Crippen LogP) is 1.70. The zero-order valence-corrected chi connectivity index (χ0v) is 12.4. The number of aromatic nitrogens is 2. The molecule has 1 unspecified atom stereocenters. The summed E-state index contributed by atoms with van der Waals surface area (Å²) < 4.78 is 1.75. The monoisotopic (exact) mass is 286 g/mol.